The highest BCUT2D eigenvalue weighted by molar-refractivity contribution is 6.42. The van der Waals surface area contributed by atoms with E-state index >= 15 is 0 Å². The molecule has 2 aliphatic carbocycles. The standard InChI is InChI=1S/C46H65N5O5/c1-14-16-17-30(15-2)24-47-39(53)18-19-40(54)49-36-23-38-34(46(12,13)28(8)51(38)26(5)6)21-32(36)42-43(55)41(44(42)56)31-20-33-37(22-35(31)48-29(9)52)50(25(3)4)27(7)45(33,10)11/h20-23,25-28,30,55H,14-19,24H2,1-13H3,(H,47,53)(H,48,52)/b42-32+,49-36?. The number of Topliss-reactive ketones (excluding diaryl/α,β-unsaturated/α-hetero) is 1. The summed E-state index contributed by atoms with van der Waals surface area (Å²) in [6.07, 6.45) is 7.96. The predicted molar refractivity (Wildman–Crippen MR) is 227 cm³/mol. The first-order valence-electron chi connectivity index (χ1n) is 20.8. The lowest BCUT2D eigenvalue weighted by atomic mass is 9.73. The third-order valence-electron chi connectivity index (χ3n) is 13.0. The number of ketones is 1. The Morgan fingerprint density at radius 3 is 2.12 bits per heavy atom. The summed E-state index contributed by atoms with van der Waals surface area (Å²) in [6.45, 7) is 27.8. The molecule has 3 atom stereocenters. The van der Waals surface area contributed by atoms with Crippen LogP contribution >= 0.6 is 0 Å². The highest BCUT2D eigenvalue weighted by Crippen LogP contribution is 2.53. The molecule has 2 aliphatic heterocycles. The fraction of sp³-hybridized carbons (Fsp3) is 0.587. The van der Waals surface area contributed by atoms with Crippen LogP contribution in [-0.2, 0) is 24.6 Å². The Morgan fingerprint density at radius 2 is 1.55 bits per heavy atom. The van der Waals surface area contributed by atoms with Crippen molar-refractivity contribution in [2.75, 3.05) is 16.8 Å². The summed E-state index contributed by atoms with van der Waals surface area (Å²) < 4.78 is 0. The van der Waals surface area contributed by atoms with Crippen LogP contribution in [0.5, 0.6) is 0 Å². The molecule has 10 heteroatoms. The molecule has 0 radical (unpaired) electrons. The fourth-order valence-corrected chi connectivity index (χ4v) is 9.03. The van der Waals surface area contributed by atoms with Crippen LogP contribution < -0.4 is 15.5 Å². The number of nitrogens with zero attached hydrogens (tertiary/aromatic N) is 3. The summed E-state index contributed by atoms with van der Waals surface area (Å²) in [5, 5.41) is 17.9. The number of benzene rings is 1. The van der Waals surface area contributed by atoms with Crippen LogP contribution in [0, 0.1) is 11.3 Å². The molecule has 3 N–H and O–H groups in total. The first kappa shape index (κ1) is 42.7. The lowest BCUT2D eigenvalue weighted by Crippen LogP contribution is -2.42. The molecule has 10 nitrogen and oxygen atoms in total. The predicted octanol–water partition coefficient (Wildman–Crippen LogP) is 8.73. The smallest absolute Gasteiger partial charge is 0.246 e. The third kappa shape index (κ3) is 7.64. The van der Waals surface area contributed by atoms with Gasteiger partial charge in [-0.2, -0.15) is 0 Å². The van der Waals surface area contributed by atoms with Gasteiger partial charge in [0.05, 0.1) is 22.5 Å². The molecule has 0 bridgehead atoms. The fourth-order valence-electron chi connectivity index (χ4n) is 9.03. The van der Waals surface area contributed by atoms with Gasteiger partial charge >= 0.3 is 0 Å². The number of fused-ring (bicyclic) bond motifs is 2. The zero-order chi connectivity index (χ0) is 41.6. The van der Waals surface area contributed by atoms with Crippen molar-refractivity contribution < 1.29 is 24.3 Å². The van der Waals surface area contributed by atoms with Crippen molar-refractivity contribution in [3.05, 3.63) is 63.6 Å². The number of aliphatic imine (C=N–C) groups is 1. The number of aliphatic hydroxyl groups excluding tert-OH is 1. The van der Waals surface area contributed by atoms with Gasteiger partial charge in [0.1, 0.15) is 5.76 Å². The number of amides is 3. The van der Waals surface area contributed by atoms with Crippen LogP contribution in [-0.4, -0.2) is 69.9 Å². The van der Waals surface area contributed by atoms with E-state index in [2.05, 4.69) is 109 Å². The lowest BCUT2D eigenvalue weighted by Gasteiger charge is -2.34. The number of carbonyl (C=O) groups is 4. The zero-order valence-electron chi connectivity index (χ0n) is 36.1. The number of likely N-dealkylation sites (tertiary alicyclic amines) is 1. The maximum atomic E-state index is 14.5. The number of unbranched alkanes of at least 4 members (excludes halogenated alkanes) is 1. The van der Waals surface area contributed by atoms with Gasteiger partial charge in [-0.15, -0.1) is 0 Å². The minimum absolute atomic E-state index is 0.00721. The molecule has 1 saturated heterocycles. The molecular weight excluding hydrogens is 703 g/mol. The number of allylic oxidation sites excluding steroid dienone is 6. The third-order valence-corrected chi connectivity index (χ3v) is 13.0. The Balaban J connectivity index is 1.59. The van der Waals surface area contributed by atoms with Crippen LogP contribution in [0.15, 0.2) is 57.5 Å². The van der Waals surface area contributed by atoms with Gasteiger partial charge in [-0.3, -0.25) is 19.2 Å². The first-order valence-corrected chi connectivity index (χ1v) is 20.8. The molecule has 3 amide bonds. The summed E-state index contributed by atoms with van der Waals surface area (Å²) in [5.41, 5.74) is 5.11. The van der Waals surface area contributed by atoms with Gasteiger partial charge in [0.2, 0.25) is 23.5 Å². The van der Waals surface area contributed by atoms with E-state index in [1.807, 2.05) is 24.3 Å². The van der Waals surface area contributed by atoms with Crippen LogP contribution in [0.25, 0.3) is 5.57 Å². The second kappa shape index (κ2) is 16.2. The topological polar surface area (TPSA) is 131 Å². The average Bonchev–Trinajstić information content (AvgIpc) is 3.43. The van der Waals surface area contributed by atoms with Crippen molar-refractivity contribution in [2.24, 2.45) is 16.3 Å². The van der Waals surface area contributed by atoms with Gasteiger partial charge in [-0.1, -0.05) is 60.8 Å². The molecule has 304 valence electrons. The summed E-state index contributed by atoms with van der Waals surface area (Å²) in [6, 6.07) is 4.46. The van der Waals surface area contributed by atoms with E-state index in [9.17, 15) is 24.3 Å². The Hall–Kier alpha value is -4.47. The molecule has 1 fully saturated rings. The van der Waals surface area contributed by atoms with Crippen molar-refractivity contribution in [3.63, 3.8) is 0 Å². The highest BCUT2D eigenvalue weighted by atomic mass is 16.3. The molecule has 1 aromatic rings. The summed E-state index contributed by atoms with van der Waals surface area (Å²) in [7, 11) is 0. The van der Waals surface area contributed by atoms with Crippen LogP contribution in [0.2, 0.25) is 0 Å². The SMILES string of the molecule is CCCCC(CC)CNC(=O)CCC(=O)N=C1C=C2C(=C/C1=C1\C(=O)C(c3cc4c(cc3NC(C)=O)N(C(C)C)C(C)C4(C)C)=C1O)C(C)(C)C(C)N2C(C)C. The van der Waals surface area contributed by atoms with Gasteiger partial charge in [-0.05, 0) is 89.3 Å². The molecule has 0 spiro atoms. The van der Waals surface area contributed by atoms with Gasteiger partial charge in [-0.25, -0.2) is 4.99 Å². The number of anilines is 2. The number of carbonyl (C=O) groups excluding carboxylic acids is 4. The minimum Gasteiger partial charge on any atom is -0.506 e. The first-order chi connectivity index (χ1) is 26.2. The number of hydrogen-bond donors (Lipinski definition) is 3. The summed E-state index contributed by atoms with van der Waals surface area (Å²) in [5.74, 6) is -1.14. The van der Waals surface area contributed by atoms with Crippen molar-refractivity contribution >= 4 is 46.2 Å². The molecule has 5 rings (SSSR count). The lowest BCUT2D eigenvalue weighted by molar-refractivity contribution is -0.125. The van der Waals surface area contributed by atoms with Gasteiger partial charge < -0.3 is 25.5 Å². The number of hydrogen-bond acceptors (Lipinski definition) is 7. The Labute approximate surface area is 334 Å². The van der Waals surface area contributed by atoms with Crippen molar-refractivity contribution in [1.82, 2.24) is 10.2 Å². The summed E-state index contributed by atoms with van der Waals surface area (Å²) in [4.78, 5) is 62.5. The molecular formula is C46H65N5O5. The minimum atomic E-state index is -0.477. The average molecular weight is 768 g/mol. The molecule has 1 aromatic carbocycles. The van der Waals surface area contributed by atoms with Gasteiger partial charge in [0.25, 0.3) is 0 Å². The van der Waals surface area contributed by atoms with Gasteiger partial charge in [0, 0.05) is 83.8 Å². The molecule has 3 unspecified atom stereocenters. The second-order valence-electron chi connectivity index (χ2n) is 17.9. The number of aliphatic hydroxyl groups is 1. The van der Waals surface area contributed by atoms with Crippen LogP contribution in [0.4, 0.5) is 11.4 Å². The Kier molecular flexibility index (Phi) is 12.3. The zero-order valence-corrected chi connectivity index (χ0v) is 36.1. The maximum Gasteiger partial charge on any atom is 0.246 e. The van der Waals surface area contributed by atoms with Crippen molar-refractivity contribution in [3.8, 4) is 0 Å². The van der Waals surface area contributed by atoms with E-state index in [4.69, 9.17) is 0 Å². The number of nitrogens with one attached hydrogen (secondary N) is 2. The van der Waals surface area contributed by atoms with Crippen LogP contribution in [0.1, 0.15) is 140 Å². The van der Waals surface area contributed by atoms with Crippen LogP contribution in [0.3, 0.4) is 0 Å². The number of rotatable bonds is 13. The molecule has 0 aromatic heterocycles. The van der Waals surface area contributed by atoms with Crippen molar-refractivity contribution in [1.29, 1.82) is 0 Å². The summed E-state index contributed by atoms with van der Waals surface area (Å²) >= 11 is 0. The van der Waals surface area contributed by atoms with E-state index in [1.165, 1.54) is 6.92 Å². The normalized spacial score (nSPS) is 23.6. The second-order valence-corrected chi connectivity index (χ2v) is 17.9. The van der Waals surface area contributed by atoms with E-state index < -0.39 is 5.91 Å². The van der Waals surface area contributed by atoms with E-state index in [0.717, 1.165) is 48.2 Å². The van der Waals surface area contributed by atoms with Gasteiger partial charge in [0.15, 0.2) is 0 Å². The monoisotopic (exact) mass is 767 g/mol. The van der Waals surface area contributed by atoms with E-state index in [0.29, 0.717) is 29.3 Å². The van der Waals surface area contributed by atoms with E-state index in [-0.39, 0.29) is 88.1 Å². The molecule has 2 heterocycles. The highest BCUT2D eigenvalue weighted by Gasteiger charge is 2.49. The van der Waals surface area contributed by atoms with Crippen molar-refractivity contribution in [2.45, 2.75) is 158 Å². The quantitative estimate of drug-likeness (QED) is 0.171. The molecule has 4 aliphatic rings. The molecule has 56 heavy (non-hydrogen) atoms. The molecule has 0 saturated carbocycles. The Bertz CT molecular complexity index is 1960. The maximum absolute atomic E-state index is 14.5. The largest absolute Gasteiger partial charge is 0.506 e. The van der Waals surface area contributed by atoms with E-state index in [1.54, 1.807) is 0 Å². The Morgan fingerprint density at radius 1 is 0.911 bits per heavy atom.